The first kappa shape index (κ1) is 40.4. The molecule has 1 aliphatic heterocycles. The highest BCUT2D eigenvalue weighted by Crippen LogP contribution is 2.33. The van der Waals surface area contributed by atoms with Crippen LogP contribution in [0.4, 0.5) is 9.59 Å². The topological polar surface area (TPSA) is 213 Å². The highest BCUT2D eigenvalue weighted by Gasteiger charge is 2.38. The van der Waals surface area contributed by atoms with Gasteiger partial charge in [-0.1, -0.05) is 62.4 Å². The lowest BCUT2D eigenvalue weighted by molar-refractivity contribution is -0.137. The molecular formula is C39H50N8O8. The van der Waals surface area contributed by atoms with Gasteiger partial charge in [-0.25, -0.2) is 19.6 Å². The Balaban J connectivity index is 1.25. The number of hydrogen-bond donors (Lipinski definition) is 6. The van der Waals surface area contributed by atoms with E-state index >= 15 is 0 Å². The van der Waals surface area contributed by atoms with Crippen molar-refractivity contribution in [1.82, 2.24) is 40.8 Å². The Morgan fingerprint density at radius 1 is 0.764 bits per heavy atom. The van der Waals surface area contributed by atoms with Gasteiger partial charge in [0.1, 0.15) is 23.7 Å². The van der Waals surface area contributed by atoms with Crippen molar-refractivity contribution in [2.45, 2.75) is 76.9 Å². The second kappa shape index (κ2) is 18.1. The van der Waals surface area contributed by atoms with Gasteiger partial charge in [0.15, 0.2) is 0 Å². The number of carbonyl (C=O) groups excluding carboxylic acids is 3. The van der Waals surface area contributed by atoms with Crippen molar-refractivity contribution in [2.75, 3.05) is 27.9 Å². The van der Waals surface area contributed by atoms with E-state index in [4.69, 9.17) is 19.4 Å². The number of hydrogen-bond acceptors (Lipinski definition) is 9. The van der Waals surface area contributed by atoms with Crippen LogP contribution in [0.15, 0.2) is 60.9 Å². The summed E-state index contributed by atoms with van der Waals surface area (Å²) in [7, 11) is 4.13. The number of amides is 4. The molecular weight excluding hydrogens is 708 g/mol. The highest BCUT2D eigenvalue weighted by atomic mass is 16.5. The summed E-state index contributed by atoms with van der Waals surface area (Å²) >= 11 is 0. The first-order valence-corrected chi connectivity index (χ1v) is 18.2. The van der Waals surface area contributed by atoms with Crippen molar-refractivity contribution in [3.8, 4) is 33.6 Å². The largest absolute Gasteiger partial charge is 0.465 e. The maximum absolute atomic E-state index is 13.4. The van der Waals surface area contributed by atoms with Gasteiger partial charge in [0, 0.05) is 44.3 Å². The number of benzene rings is 2. The van der Waals surface area contributed by atoms with Crippen molar-refractivity contribution in [1.29, 1.82) is 0 Å². The third kappa shape index (κ3) is 9.50. The summed E-state index contributed by atoms with van der Waals surface area (Å²) in [6.45, 7) is 7.77. The molecule has 55 heavy (non-hydrogen) atoms. The van der Waals surface area contributed by atoms with Crippen LogP contribution in [0.1, 0.15) is 64.3 Å². The van der Waals surface area contributed by atoms with Gasteiger partial charge in [0.25, 0.3) is 0 Å². The van der Waals surface area contributed by atoms with Crippen molar-refractivity contribution >= 4 is 24.0 Å². The standard InChI is InChI=1S/C39H50N8O8/c1-21(2)31(44-36(48)32(22(3)53-5)46-39(52)55-7)35-41-20-29(43-35)27-16-12-25(13-17-27)24-10-14-26(15-11-24)28-19-40-34(42-28)30-9-8-18-47(30)37(49)33(23(4)54-6)45-38(50)51/h10-17,19-23,30-33,45H,8-9,18H2,1-7H3,(H,40,42)(H,41,43)(H,44,48)(H,46,52)(H,50,51)/t22-,23-,30+,31-,32+,33+/m1/s1. The molecule has 4 aromatic rings. The van der Waals surface area contributed by atoms with Crippen molar-refractivity contribution < 1.29 is 38.5 Å². The molecule has 1 saturated heterocycles. The zero-order valence-electron chi connectivity index (χ0n) is 32.1. The number of H-pyrrole nitrogens is 2. The van der Waals surface area contributed by atoms with Crippen LogP contribution in [0, 0.1) is 5.92 Å². The SMILES string of the molecule is COC(=O)N[C@H](C(=O)N[C@@H](c1nc(-c2ccc(-c3ccc(-c4c[nH]c([C@@H]5CCCN5C(=O)[C@@H](NC(=O)O)[C@@H](C)OC)n4)cc3)cc2)c[nH]1)C(C)C)[C@@H](C)OC. The fraction of sp³-hybridized carbons (Fsp3) is 0.436. The number of nitrogens with one attached hydrogen (secondary N) is 5. The summed E-state index contributed by atoms with van der Waals surface area (Å²) in [5.41, 5.74) is 5.25. The number of alkyl carbamates (subject to hydrolysis) is 1. The second-order valence-electron chi connectivity index (χ2n) is 13.8. The predicted octanol–water partition coefficient (Wildman–Crippen LogP) is 5.04. The highest BCUT2D eigenvalue weighted by molar-refractivity contribution is 5.87. The van der Waals surface area contributed by atoms with Crippen molar-refractivity contribution in [3.63, 3.8) is 0 Å². The Morgan fingerprint density at radius 3 is 1.85 bits per heavy atom. The molecule has 0 unspecified atom stereocenters. The molecule has 2 aromatic heterocycles. The van der Waals surface area contributed by atoms with Crippen LogP contribution in [0.3, 0.4) is 0 Å². The van der Waals surface area contributed by atoms with Crippen LogP contribution in [-0.2, 0) is 23.8 Å². The van der Waals surface area contributed by atoms with Crippen LogP contribution in [0.2, 0.25) is 0 Å². The average Bonchev–Trinajstić information content (AvgIpc) is 3.99. The van der Waals surface area contributed by atoms with Crippen LogP contribution in [0.25, 0.3) is 33.6 Å². The number of carboxylic acid groups (broad SMARTS) is 1. The van der Waals surface area contributed by atoms with E-state index in [1.54, 1.807) is 24.9 Å². The van der Waals surface area contributed by atoms with Crippen molar-refractivity contribution in [2.24, 2.45) is 5.92 Å². The van der Waals surface area contributed by atoms with Crippen LogP contribution < -0.4 is 16.0 Å². The third-order valence-corrected chi connectivity index (χ3v) is 9.97. The molecule has 4 amide bonds. The quantitative estimate of drug-likeness (QED) is 0.0950. The minimum absolute atomic E-state index is 0.0228. The van der Waals surface area contributed by atoms with Crippen LogP contribution >= 0.6 is 0 Å². The molecule has 294 valence electrons. The number of nitrogens with zero attached hydrogens (tertiary/aromatic N) is 3. The molecule has 1 aliphatic rings. The van der Waals surface area contributed by atoms with Crippen LogP contribution in [-0.4, -0.2) is 106 Å². The van der Waals surface area contributed by atoms with E-state index in [9.17, 15) is 24.3 Å². The summed E-state index contributed by atoms with van der Waals surface area (Å²) < 4.78 is 15.3. The molecule has 16 nitrogen and oxygen atoms in total. The fourth-order valence-electron chi connectivity index (χ4n) is 6.62. The number of carbonyl (C=O) groups is 4. The van der Waals surface area contributed by atoms with E-state index in [0.29, 0.717) is 30.3 Å². The molecule has 3 heterocycles. The van der Waals surface area contributed by atoms with E-state index in [1.807, 2.05) is 68.6 Å². The summed E-state index contributed by atoms with van der Waals surface area (Å²) in [6.07, 6.45) is 1.82. The number of aromatic nitrogens is 4. The van der Waals surface area contributed by atoms with Gasteiger partial charge in [-0.2, -0.15) is 0 Å². The van der Waals surface area contributed by atoms with Gasteiger partial charge in [0.05, 0.1) is 42.8 Å². The van der Waals surface area contributed by atoms with Crippen LogP contribution in [0.5, 0.6) is 0 Å². The normalized spacial score (nSPS) is 16.9. The number of aromatic amines is 2. The van der Waals surface area contributed by atoms with Gasteiger partial charge in [-0.15, -0.1) is 0 Å². The first-order valence-electron chi connectivity index (χ1n) is 18.2. The van der Waals surface area contributed by atoms with Gasteiger partial charge in [0.2, 0.25) is 11.8 Å². The molecule has 0 radical (unpaired) electrons. The Labute approximate surface area is 319 Å². The second-order valence-corrected chi connectivity index (χ2v) is 13.8. The lowest BCUT2D eigenvalue weighted by Crippen LogP contribution is -2.54. The Morgan fingerprint density at radius 2 is 1.31 bits per heavy atom. The summed E-state index contributed by atoms with van der Waals surface area (Å²) in [5.74, 6) is 0.426. The molecule has 0 saturated carbocycles. The zero-order chi connectivity index (χ0) is 39.8. The molecule has 2 aromatic carbocycles. The predicted molar refractivity (Wildman–Crippen MR) is 204 cm³/mol. The van der Waals surface area contributed by atoms with Gasteiger partial charge in [-0.3, -0.25) is 9.59 Å². The minimum atomic E-state index is -1.29. The first-order chi connectivity index (χ1) is 26.3. The summed E-state index contributed by atoms with van der Waals surface area (Å²) in [4.78, 5) is 67.7. The maximum atomic E-state index is 13.4. The molecule has 6 N–H and O–H groups in total. The average molecular weight is 759 g/mol. The van der Waals surface area contributed by atoms with E-state index in [1.165, 1.54) is 21.3 Å². The monoisotopic (exact) mass is 758 g/mol. The number of rotatable bonds is 15. The maximum Gasteiger partial charge on any atom is 0.407 e. The third-order valence-electron chi connectivity index (χ3n) is 9.97. The Hall–Kier alpha value is -5.74. The van der Waals surface area contributed by atoms with Crippen molar-refractivity contribution in [3.05, 3.63) is 72.6 Å². The Bertz CT molecular complexity index is 1930. The molecule has 1 fully saturated rings. The van der Waals surface area contributed by atoms with Gasteiger partial charge >= 0.3 is 12.2 Å². The molecule has 6 atom stereocenters. The molecule has 0 aliphatic carbocycles. The van der Waals surface area contributed by atoms with E-state index in [-0.39, 0.29) is 17.9 Å². The van der Waals surface area contributed by atoms with Gasteiger partial charge in [-0.05, 0) is 43.7 Å². The number of ether oxygens (including phenoxy) is 3. The van der Waals surface area contributed by atoms with Gasteiger partial charge < -0.3 is 50.1 Å². The molecule has 0 spiro atoms. The zero-order valence-corrected chi connectivity index (χ0v) is 32.1. The van der Waals surface area contributed by atoms with E-state index in [0.717, 1.165) is 34.4 Å². The Kier molecular flexibility index (Phi) is 13.3. The smallest absolute Gasteiger partial charge is 0.407 e. The fourth-order valence-corrected chi connectivity index (χ4v) is 6.62. The molecule has 16 heteroatoms. The summed E-state index contributed by atoms with van der Waals surface area (Å²) in [6, 6.07) is 13.3. The lowest BCUT2D eigenvalue weighted by Gasteiger charge is -2.30. The lowest BCUT2D eigenvalue weighted by atomic mass is 10.0. The molecule has 0 bridgehead atoms. The number of likely N-dealkylation sites (tertiary alicyclic amines) is 1. The minimum Gasteiger partial charge on any atom is -0.465 e. The number of methoxy groups -OCH3 is 3. The number of imidazole rings is 2. The van der Waals surface area contributed by atoms with E-state index < -0.39 is 48.4 Å². The summed E-state index contributed by atoms with van der Waals surface area (Å²) in [5, 5.41) is 17.1. The molecule has 5 rings (SSSR count). The van der Waals surface area contributed by atoms with E-state index in [2.05, 4.69) is 30.7 Å².